The molecule has 98 heavy (non-hydrogen) atoms. The Morgan fingerprint density at radius 3 is 1.18 bits per heavy atom. The van der Waals surface area contributed by atoms with E-state index < -0.39 is 6.71 Å². The van der Waals surface area contributed by atoms with Crippen molar-refractivity contribution >= 4 is 79.0 Å². The van der Waals surface area contributed by atoms with Crippen LogP contribution in [0.25, 0.3) is 105 Å². The monoisotopic (exact) mass is 1260 g/mol. The number of aromatic nitrogens is 1. The molecule has 14 aromatic carbocycles. The van der Waals surface area contributed by atoms with E-state index in [1.54, 1.807) is 0 Å². The van der Waals surface area contributed by atoms with E-state index in [2.05, 4.69) is 324 Å². The average Bonchev–Trinajstić information content (AvgIpc) is 0.704. The molecule has 4 aliphatic carbocycles. The van der Waals surface area contributed by atoms with Crippen molar-refractivity contribution in [2.24, 2.45) is 17.8 Å². The van der Waals surface area contributed by atoms with Crippen LogP contribution >= 0.6 is 0 Å². The number of nitrogens with zero attached hydrogens (tertiary/aromatic N) is 3. The summed E-state index contributed by atoms with van der Waals surface area (Å²) in [5.41, 5.74) is 26.2. The Bertz CT molecular complexity index is 5690. The van der Waals surface area contributed by atoms with E-state index in [0.717, 1.165) is 152 Å². The lowest BCUT2D eigenvalue weighted by Crippen LogP contribution is -2.61. The summed E-state index contributed by atoms with van der Waals surface area (Å²) in [4.78, 5) is 4.79. The maximum absolute atomic E-state index is 10.8. The zero-order valence-corrected chi connectivity index (χ0v) is 54.3. The van der Waals surface area contributed by atoms with Crippen molar-refractivity contribution in [3.8, 4) is 83.6 Å². The van der Waals surface area contributed by atoms with Gasteiger partial charge >= 0.3 is 0 Å². The molecule has 1 aromatic heterocycles. The number of hydrogen-bond donors (Lipinski definition) is 0. The molecule has 3 nitrogen and oxygen atoms in total. The molecule has 464 valence electrons. The van der Waals surface area contributed by atoms with Crippen LogP contribution in [0.15, 0.2) is 334 Å². The van der Waals surface area contributed by atoms with Crippen LogP contribution in [0.2, 0.25) is 0 Å². The summed E-state index contributed by atoms with van der Waals surface area (Å²) >= 11 is 0. The summed E-state index contributed by atoms with van der Waals surface area (Å²) in [6.45, 7) is -0.734. The van der Waals surface area contributed by atoms with Gasteiger partial charge in [-0.15, -0.1) is 0 Å². The van der Waals surface area contributed by atoms with E-state index in [9.17, 15) is 5.48 Å². The van der Waals surface area contributed by atoms with Gasteiger partial charge in [0.1, 0.15) is 0 Å². The summed E-state index contributed by atoms with van der Waals surface area (Å²) in [6.07, 6.45) is 8.04. The quantitative estimate of drug-likeness (QED) is 0.120. The summed E-state index contributed by atoms with van der Waals surface area (Å²) in [5.74, 6) is 2.45. The second-order valence-corrected chi connectivity index (χ2v) is 28.2. The Labute approximate surface area is 579 Å². The molecule has 2 aliphatic heterocycles. The molecule has 0 saturated heterocycles. The molecule has 0 N–H and O–H groups in total. The molecular formula is C94H70BN3. The normalized spacial score (nSPS) is 18.4. The zero-order valence-electron chi connectivity index (χ0n) is 58.3. The smallest absolute Gasteiger partial charge is 0.252 e. The van der Waals surface area contributed by atoms with Gasteiger partial charge in [0.25, 0.3) is 6.71 Å². The van der Waals surface area contributed by atoms with E-state index in [0.29, 0.717) is 11.2 Å². The van der Waals surface area contributed by atoms with Gasteiger partial charge in [0, 0.05) is 61.5 Å². The molecule has 4 heteroatoms. The zero-order chi connectivity index (χ0) is 67.9. The van der Waals surface area contributed by atoms with Gasteiger partial charge in [0.05, 0.1) is 27.9 Å². The minimum absolute atomic E-state index is 0.0748. The summed E-state index contributed by atoms with van der Waals surface area (Å²) < 4.78 is 43.9. The number of benzene rings is 14. The number of anilines is 6. The van der Waals surface area contributed by atoms with Crippen LogP contribution in [0, 0.1) is 17.8 Å². The Hall–Kier alpha value is -11.5. The van der Waals surface area contributed by atoms with Crippen molar-refractivity contribution in [3.63, 3.8) is 0 Å². The first-order valence-electron chi connectivity index (χ1n) is 37.0. The Morgan fingerprint density at radius 1 is 0.316 bits per heavy atom. The van der Waals surface area contributed by atoms with Crippen LogP contribution in [-0.4, -0.2) is 11.3 Å². The SMILES string of the molecule is [2H]c1c([2H])c([2H])c2c(c1[2H])B1c3cc(-n4c5ccccc5c5cc(C67CC8CC(CC(C8)C6)C7)ccc54)ccc3N(c3c(-c4ccccc4)cc(-c4ccccc4)cc3-c3ccccc3)c3cc(-c4ccccc4)cc(c31)N2c1c(-c2ccccc2)cc(-c2ccccc2)cc1-c1ccccc1. The Balaban J connectivity index is 0.943. The fraction of sp³-hybridized carbons (Fsp3) is 0.106. The first-order chi connectivity index (χ1) is 50.2. The molecule has 4 saturated carbocycles. The lowest BCUT2D eigenvalue weighted by molar-refractivity contribution is -0.00512. The molecule has 0 amide bonds. The molecule has 0 atom stereocenters. The third kappa shape index (κ3) is 9.18. The third-order valence-electron chi connectivity index (χ3n) is 22.6. The standard InChI is InChI=1S/C94H70BN3/c1-8-26-65(27-9-1)72-51-78(68-32-14-4-15-33-68)92(79(52-72)69-34-16-5-17-35-69)97-87-43-25-23-41-83(87)95-84-58-76(96-85-42-24-22-40-77(85)82-57-75(44-46-86(82)96)94-59-62-48-63(60-94)50-64(49-62)61-94)45-47-88(84)98(90-56-74(55-89(97)91(90)95)67-30-12-3-13-31-67)93-80(70-36-18-6-19-37-70)53-73(66-28-10-2-11-29-66)54-81(93)71-38-20-7-21-39-71/h1-47,51-58,62-64H,48-50,59-61H2/i23D,25D,41D,43D. The van der Waals surface area contributed by atoms with Crippen LogP contribution in [-0.2, 0) is 5.41 Å². The highest BCUT2D eigenvalue weighted by molar-refractivity contribution is 7.00. The maximum atomic E-state index is 10.8. The van der Waals surface area contributed by atoms with Gasteiger partial charge < -0.3 is 14.4 Å². The van der Waals surface area contributed by atoms with Crippen molar-refractivity contribution in [3.05, 3.63) is 339 Å². The highest BCUT2D eigenvalue weighted by atomic mass is 15.2. The van der Waals surface area contributed by atoms with Crippen molar-refractivity contribution in [1.82, 2.24) is 4.57 Å². The summed E-state index contributed by atoms with van der Waals surface area (Å²) in [7, 11) is 0. The van der Waals surface area contributed by atoms with E-state index in [1.807, 2.05) is 0 Å². The Kier molecular flexibility index (Phi) is 12.3. The Morgan fingerprint density at radius 2 is 0.714 bits per heavy atom. The lowest BCUT2D eigenvalue weighted by Gasteiger charge is -2.57. The van der Waals surface area contributed by atoms with Crippen molar-refractivity contribution in [2.45, 2.75) is 43.9 Å². The summed E-state index contributed by atoms with van der Waals surface area (Å²) in [5, 5.41) is 2.47. The van der Waals surface area contributed by atoms with Gasteiger partial charge in [0.2, 0.25) is 0 Å². The number of fused-ring (bicyclic) bond motifs is 7. The van der Waals surface area contributed by atoms with Gasteiger partial charge in [0.15, 0.2) is 0 Å². The van der Waals surface area contributed by atoms with Crippen LogP contribution in [0.1, 0.15) is 49.6 Å². The average molecular weight is 1260 g/mol. The number of rotatable bonds is 11. The lowest BCUT2D eigenvalue weighted by atomic mass is 9.33. The number of hydrogen-bond acceptors (Lipinski definition) is 2. The van der Waals surface area contributed by atoms with Crippen molar-refractivity contribution in [1.29, 1.82) is 0 Å². The topological polar surface area (TPSA) is 11.4 Å². The van der Waals surface area contributed by atoms with Crippen LogP contribution < -0.4 is 26.2 Å². The molecule has 0 unspecified atom stereocenters. The number of para-hydroxylation sites is 2. The van der Waals surface area contributed by atoms with Crippen LogP contribution in [0.3, 0.4) is 0 Å². The fourth-order valence-corrected chi connectivity index (χ4v) is 18.8. The van der Waals surface area contributed by atoms with E-state index >= 15 is 0 Å². The highest BCUT2D eigenvalue weighted by Gasteiger charge is 2.52. The summed E-state index contributed by atoms with van der Waals surface area (Å²) in [6, 6.07) is 111. The van der Waals surface area contributed by atoms with Crippen molar-refractivity contribution < 1.29 is 5.48 Å². The van der Waals surface area contributed by atoms with E-state index in [-0.39, 0.29) is 29.6 Å². The third-order valence-corrected chi connectivity index (χ3v) is 22.6. The van der Waals surface area contributed by atoms with Crippen LogP contribution in [0.4, 0.5) is 34.1 Å². The van der Waals surface area contributed by atoms with Gasteiger partial charge in [-0.05, 0) is 218 Å². The predicted octanol–water partition coefficient (Wildman–Crippen LogP) is 23.0. The maximum Gasteiger partial charge on any atom is 0.252 e. The minimum Gasteiger partial charge on any atom is -0.310 e. The van der Waals surface area contributed by atoms with Gasteiger partial charge in [-0.2, -0.15) is 0 Å². The molecule has 0 radical (unpaired) electrons. The van der Waals surface area contributed by atoms with Gasteiger partial charge in [-0.25, -0.2) is 0 Å². The molecule has 15 aromatic rings. The molecule has 3 heterocycles. The fourth-order valence-electron chi connectivity index (χ4n) is 18.8. The van der Waals surface area contributed by atoms with Crippen LogP contribution in [0.5, 0.6) is 0 Å². The first kappa shape index (κ1) is 52.8. The van der Waals surface area contributed by atoms with Crippen molar-refractivity contribution in [2.75, 3.05) is 9.80 Å². The molecule has 4 bridgehead atoms. The molecule has 4 fully saturated rings. The molecular weight excluding hydrogens is 1180 g/mol. The molecule has 6 aliphatic rings. The van der Waals surface area contributed by atoms with Gasteiger partial charge in [-0.1, -0.05) is 255 Å². The molecule has 0 spiro atoms. The van der Waals surface area contributed by atoms with E-state index in [1.165, 1.54) is 54.9 Å². The largest absolute Gasteiger partial charge is 0.310 e. The minimum atomic E-state index is -0.734. The second kappa shape index (κ2) is 22.9. The first-order valence-corrected chi connectivity index (χ1v) is 35.0. The second-order valence-electron chi connectivity index (χ2n) is 28.2. The van der Waals surface area contributed by atoms with E-state index in [4.69, 9.17) is 0 Å². The van der Waals surface area contributed by atoms with Gasteiger partial charge in [-0.3, -0.25) is 0 Å². The molecule has 21 rings (SSSR count). The predicted molar refractivity (Wildman–Crippen MR) is 413 cm³/mol. The highest BCUT2D eigenvalue weighted by Crippen LogP contribution is 2.62.